The molecular formula is C19H19ClN4O2S. The highest BCUT2D eigenvalue weighted by Gasteiger charge is 2.12. The van der Waals surface area contributed by atoms with Crippen molar-refractivity contribution in [3.05, 3.63) is 70.9 Å². The molecule has 0 radical (unpaired) electrons. The predicted molar refractivity (Wildman–Crippen MR) is 107 cm³/mol. The Morgan fingerprint density at radius 2 is 1.85 bits per heavy atom. The number of sulfonamides is 1. The van der Waals surface area contributed by atoms with Crippen LogP contribution in [0.4, 0.5) is 0 Å². The van der Waals surface area contributed by atoms with Gasteiger partial charge in [0.1, 0.15) is 0 Å². The lowest BCUT2D eigenvalue weighted by atomic mass is 10.1. The fraction of sp³-hybridized carbons (Fsp3) is 0.158. The van der Waals surface area contributed by atoms with E-state index >= 15 is 0 Å². The predicted octanol–water partition coefficient (Wildman–Crippen LogP) is 4.00. The molecule has 140 valence electrons. The summed E-state index contributed by atoms with van der Waals surface area (Å²) in [6.07, 6.45) is 4.91. The Labute approximate surface area is 163 Å². The van der Waals surface area contributed by atoms with Gasteiger partial charge in [-0.1, -0.05) is 49.2 Å². The lowest BCUT2D eigenvalue weighted by Crippen LogP contribution is -2.18. The number of benzene rings is 2. The third-order valence-corrected chi connectivity index (χ3v) is 5.44. The van der Waals surface area contributed by atoms with Crippen molar-refractivity contribution in [2.45, 2.75) is 24.7 Å². The molecule has 0 saturated carbocycles. The molecule has 0 aliphatic rings. The normalized spacial score (nSPS) is 11.8. The molecule has 0 fully saturated rings. The first kappa shape index (κ1) is 19.1. The summed E-state index contributed by atoms with van der Waals surface area (Å²) in [6, 6.07) is 14.0. The molecule has 0 aliphatic carbocycles. The van der Waals surface area contributed by atoms with Gasteiger partial charge in [0.15, 0.2) is 0 Å². The van der Waals surface area contributed by atoms with Crippen molar-refractivity contribution in [3.63, 3.8) is 0 Å². The van der Waals surface area contributed by atoms with Crippen LogP contribution in [0.3, 0.4) is 0 Å². The average molecular weight is 403 g/mol. The summed E-state index contributed by atoms with van der Waals surface area (Å²) in [4.78, 5) is 2.40. The van der Waals surface area contributed by atoms with Gasteiger partial charge in [0.05, 0.1) is 23.0 Å². The summed E-state index contributed by atoms with van der Waals surface area (Å²) in [5.41, 5.74) is 3.34. The van der Waals surface area contributed by atoms with Crippen LogP contribution in [0.15, 0.2) is 64.7 Å². The fourth-order valence-corrected chi connectivity index (χ4v) is 3.50. The SMILES string of the molecule is CCCc1ccc(S(=O)(=O)N/N=C/c2cn[nH]c2-c2ccc(Cl)cc2)cc1. The molecule has 0 bridgehead atoms. The molecule has 6 nitrogen and oxygen atoms in total. The lowest BCUT2D eigenvalue weighted by molar-refractivity contribution is 0.584. The lowest BCUT2D eigenvalue weighted by Gasteiger charge is -2.05. The molecule has 0 aliphatic heterocycles. The molecule has 0 unspecified atom stereocenters. The number of hydrazone groups is 1. The van der Waals surface area contributed by atoms with E-state index in [-0.39, 0.29) is 4.90 Å². The van der Waals surface area contributed by atoms with Gasteiger partial charge < -0.3 is 0 Å². The fourth-order valence-electron chi connectivity index (χ4n) is 2.58. The Balaban J connectivity index is 1.74. The number of hydrogen-bond acceptors (Lipinski definition) is 4. The Kier molecular flexibility index (Phi) is 5.93. The molecule has 1 aromatic heterocycles. The van der Waals surface area contributed by atoms with E-state index in [0.29, 0.717) is 10.6 Å². The van der Waals surface area contributed by atoms with Crippen LogP contribution in [0.25, 0.3) is 11.3 Å². The standard InChI is InChI=1S/C19H19ClN4O2S/c1-2-3-14-4-10-18(11-5-14)27(25,26)24-22-13-16-12-21-23-19(16)15-6-8-17(20)9-7-15/h4-13,24H,2-3H2,1H3,(H,21,23)/b22-13+. The highest BCUT2D eigenvalue weighted by molar-refractivity contribution is 7.89. The zero-order valence-electron chi connectivity index (χ0n) is 14.7. The van der Waals surface area contributed by atoms with Gasteiger partial charge in [-0.25, -0.2) is 4.83 Å². The maximum absolute atomic E-state index is 12.4. The van der Waals surface area contributed by atoms with Crippen LogP contribution in [0, 0.1) is 0 Å². The van der Waals surface area contributed by atoms with Crippen molar-refractivity contribution in [2.75, 3.05) is 0 Å². The minimum Gasteiger partial charge on any atom is -0.277 e. The summed E-state index contributed by atoms with van der Waals surface area (Å²) in [6.45, 7) is 2.08. The summed E-state index contributed by atoms with van der Waals surface area (Å²) >= 11 is 5.90. The van der Waals surface area contributed by atoms with E-state index in [9.17, 15) is 8.42 Å². The number of hydrogen-bond donors (Lipinski definition) is 2. The molecule has 3 aromatic rings. The second-order valence-electron chi connectivity index (χ2n) is 5.95. The Morgan fingerprint density at radius 1 is 1.15 bits per heavy atom. The van der Waals surface area contributed by atoms with E-state index in [2.05, 4.69) is 27.1 Å². The summed E-state index contributed by atoms with van der Waals surface area (Å²) in [5, 5.41) is 11.4. The largest absolute Gasteiger partial charge is 0.277 e. The molecule has 3 rings (SSSR count). The van der Waals surface area contributed by atoms with Crippen molar-refractivity contribution in [3.8, 4) is 11.3 Å². The number of nitrogens with one attached hydrogen (secondary N) is 2. The molecule has 8 heteroatoms. The minimum absolute atomic E-state index is 0.171. The summed E-state index contributed by atoms with van der Waals surface area (Å²) < 4.78 is 24.7. The third kappa shape index (κ3) is 4.75. The zero-order chi connectivity index (χ0) is 19.3. The van der Waals surface area contributed by atoms with Crippen LogP contribution in [0.2, 0.25) is 5.02 Å². The summed E-state index contributed by atoms with van der Waals surface area (Å²) in [5.74, 6) is 0. The maximum Gasteiger partial charge on any atom is 0.276 e. The van der Waals surface area contributed by atoms with Crippen LogP contribution in [0.5, 0.6) is 0 Å². The monoisotopic (exact) mass is 402 g/mol. The van der Waals surface area contributed by atoms with Crippen molar-refractivity contribution >= 4 is 27.8 Å². The quantitative estimate of drug-likeness (QED) is 0.462. The van der Waals surface area contributed by atoms with Gasteiger partial charge in [-0.2, -0.15) is 18.6 Å². The second kappa shape index (κ2) is 8.37. The molecule has 0 amide bonds. The van der Waals surface area contributed by atoms with E-state index < -0.39 is 10.0 Å². The number of nitrogens with zero attached hydrogens (tertiary/aromatic N) is 2. The van der Waals surface area contributed by atoms with Crippen LogP contribution in [-0.4, -0.2) is 24.8 Å². The average Bonchev–Trinajstić information content (AvgIpc) is 3.11. The van der Waals surface area contributed by atoms with E-state index in [1.165, 1.54) is 6.21 Å². The van der Waals surface area contributed by atoms with Crippen molar-refractivity contribution in [2.24, 2.45) is 5.10 Å². The number of rotatable bonds is 7. The van der Waals surface area contributed by atoms with Gasteiger partial charge in [-0.15, -0.1) is 0 Å². The molecule has 0 spiro atoms. The first-order chi connectivity index (χ1) is 13.0. The number of halogens is 1. The first-order valence-corrected chi connectivity index (χ1v) is 10.3. The van der Waals surface area contributed by atoms with Gasteiger partial charge in [0.2, 0.25) is 0 Å². The van der Waals surface area contributed by atoms with Crippen molar-refractivity contribution < 1.29 is 8.42 Å². The molecule has 2 aromatic carbocycles. The van der Waals surface area contributed by atoms with Crippen LogP contribution < -0.4 is 4.83 Å². The number of aryl methyl sites for hydroxylation is 1. The van der Waals surface area contributed by atoms with E-state index in [1.54, 1.807) is 30.5 Å². The number of aromatic amines is 1. The highest BCUT2D eigenvalue weighted by atomic mass is 35.5. The van der Waals surface area contributed by atoms with Crippen LogP contribution >= 0.6 is 11.6 Å². The molecule has 1 heterocycles. The topological polar surface area (TPSA) is 87.2 Å². The minimum atomic E-state index is -3.72. The second-order valence-corrected chi connectivity index (χ2v) is 8.05. The van der Waals surface area contributed by atoms with Crippen molar-refractivity contribution in [1.82, 2.24) is 15.0 Å². The van der Waals surface area contributed by atoms with E-state index in [4.69, 9.17) is 11.6 Å². The third-order valence-electron chi connectivity index (χ3n) is 3.95. The zero-order valence-corrected chi connectivity index (χ0v) is 16.3. The van der Waals surface area contributed by atoms with Crippen molar-refractivity contribution in [1.29, 1.82) is 0 Å². The maximum atomic E-state index is 12.4. The van der Waals surface area contributed by atoms with Gasteiger partial charge in [0, 0.05) is 16.1 Å². The summed E-state index contributed by atoms with van der Waals surface area (Å²) in [7, 11) is -3.72. The van der Waals surface area contributed by atoms with Gasteiger partial charge in [-0.05, 0) is 36.2 Å². The smallest absolute Gasteiger partial charge is 0.276 e. The van der Waals surface area contributed by atoms with Crippen LogP contribution in [-0.2, 0) is 16.4 Å². The molecule has 2 N–H and O–H groups in total. The van der Waals surface area contributed by atoms with Crippen LogP contribution in [0.1, 0.15) is 24.5 Å². The molecule has 0 saturated heterocycles. The Hall–Kier alpha value is -2.64. The van der Waals surface area contributed by atoms with E-state index in [1.807, 2.05) is 24.3 Å². The van der Waals surface area contributed by atoms with Gasteiger partial charge in [0.25, 0.3) is 10.0 Å². The Bertz CT molecular complexity index is 1030. The number of H-pyrrole nitrogens is 1. The molecule has 27 heavy (non-hydrogen) atoms. The highest BCUT2D eigenvalue weighted by Crippen LogP contribution is 2.22. The van der Waals surface area contributed by atoms with Gasteiger partial charge >= 0.3 is 0 Å². The van der Waals surface area contributed by atoms with E-state index in [0.717, 1.165) is 29.7 Å². The Morgan fingerprint density at radius 3 is 2.52 bits per heavy atom. The molecule has 0 atom stereocenters. The number of aromatic nitrogens is 2. The molecular weight excluding hydrogens is 384 g/mol. The van der Waals surface area contributed by atoms with Gasteiger partial charge in [-0.3, -0.25) is 5.10 Å². The first-order valence-electron chi connectivity index (χ1n) is 8.42.